The molecule has 0 aliphatic carbocycles. The number of nitrogens with one attached hydrogen (secondary N) is 4. The second kappa shape index (κ2) is 41.9. The third-order valence-electron chi connectivity index (χ3n) is 18.0. The van der Waals surface area contributed by atoms with E-state index in [-0.39, 0.29) is 29.6 Å². The topological polar surface area (TPSA) is 389 Å². The summed E-state index contributed by atoms with van der Waals surface area (Å²) in [4.78, 5) is 65.0. The number of fused-ring (bicyclic) bond motifs is 4. The number of nitrogen functional groups attached to an aromatic ring is 4. The average Bonchev–Trinajstić information content (AvgIpc) is 1.62. The Kier molecular flexibility index (Phi) is 31.3. The first-order chi connectivity index (χ1) is 58.7. The van der Waals surface area contributed by atoms with Crippen molar-refractivity contribution in [1.82, 2.24) is 19.9 Å². The number of aromatic nitrogens is 4. The molecule has 0 saturated carbocycles. The van der Waals surface area contributed by atoms with Crippen molar-refractivity contribution in [2.75, 3.05) is 44.2 Å². The fraction of sp³-hybridized carbons (Fsp3) is 0.129. The molecule has 22 nitrogen and oxygen atoms in total. The molecule has 0 atom stereocenters. The van der Waals surface area contributed by atoms with Crippen LogP contribution in [0, 0.1) is 11.5 Å². The molecule has 0 saturated heterocycles. The second-order valence-electron chi connectivity index (χ2n) is 30.1. The van der Waals surface area contributed by atoms with Gasteiger partial charge >= 0.3 is 53.8 Å². The van der Waals surface area contributed by atoms with E-state index in [2.05, 4.69) is 96.9 Å². The van der Waals surface area contributed by atoms with Crippen LogP contribution < -0.4 is 90.3 Å². The molecule has 6 amide bonds. The Hall–Kier alpha value is -12.1. The Labute approximate surface area is 773 Å². The van der Waals surface area contributed by atoms with Crippen LogP contribution in [0.1, 0.15) is 86.1 Å². The summed E-state index contributed by atoms with van der Waals surface area (Å²) in [5.41, 5.74) is 55.8. The normalized spacial score (nSPS) is 10.9. The van der Waals surface area contributed by atoms with Gasteiger partial charge in [0.25, 0.3) is 0 Å². The van der Waals surface area contributed by atoms with Crippen molar-refractivity contribution < 1.29 is 63.3 Å². The number of nitrogens with zero attached hydrogens (tertiary/aromatic N) is 5. The molecule has 16 rings (SSSR count). The fourth-order valence-corrected chi connectivity index (χ4v) is 17.4. The molecule has 0 radical (unpaired) electrons. The summed E-state index contributed by atoms with van der Waals surface area (Å²) in [5.74, 6) is 0. The summed E-state index contributed by atoms with van der Waals surface area (Å²) in [6.45, 7) is 10.9. The predicted octanol–water partition coefficient (Wildman–Crippen LogP) is 20.7. The predicted molar refractivity (Wildman–Crippen MR) is 507 cm³/mol. The summed E-state index contributed by atoms with van der Waals surface area (Å²) in [5, 5.41) is 30.4. The number of benzene rings is 12. The first kappa shape index (κ1) is 92.6. The zero-order chi connectivity index (χ0) is 87.8. The van der Waals surface area contributed by atoms with Crippen LogP contribution in [0.2, 0.25) is 20.1 Å². The van der Waals surface area contributed by atoms with Crippen molar-refractivity contribution in [3.63, 3.8) is 0 Å². The molecule has 16 N–H and O–H groups in total. The van der Waals surface area contributed by atoms with Gasteiger partial charge in [-0.05, 0) is 280 Å². The summed E-state index contributed by atoms with van der Waals surface area (Å²) < 4.78 is 14.8. The number of ether oxygens (including phenoxy) is 2. The van der Waals surface area contributed by atoms with Gasteiger partial charge in [0, 0.05) is 71.3 Å². The maximum Gasteiger partial charge on any atom is 1.00 e. The van der Waals surface area contributed by atoms with Crippen molar-refractivity contribution in [1.29, 1.82) is 5.26 Å². The van der Waals surface area contributed by atoms with Gasteiger partial charge in [0.1, 0.15) is 11.2 Å². The van der Waals surface area contributed by atoms with Crippen LogP contribution in [0.15, 0.2) is 243 Å². The van der Waals surface area contributed by atoms with E-state index in [0.717, 1.165) is 149 Å². The molecule has 0 bridgehead atoms. The minimum Gasteiger partial charge on any atom is -0.812 e. The van der Waals surface area contributed by atoms with Gasteiger partial charge in [0.2, 0.25) is 0 Å². The van der Waals surface area contributed by atoms with Gasteiger partial charge in [-0.1, -0.05) is 189 Å². The van der Waals surface area contributed by atoms with Crippen molar-refractivity contribution in [2.24, 2.45) is 11.5 Å². The Bertz CT molecular complexity index is 6570. The summed E-state index contributed by atoms with van der Waals surface area (Å²) in [7, 11) is 0. The number of hydrogen-bond acceptors (Lipinski definition) is 20. The number of nitriles is 1. The number of rotatable bonds is 16. The van der Waals surface area contributed by atoms with Gasteiger partial charge in [-0.3, -0.25) is 10.6 Å². The molecular formula is C93H82Cl4N15NaO7S4. The quantitative estimate of drug-likeness (QED) is 0.0244. The number of halogens is 4. The molecule has 16 aromatic rings. The van der Waals surface area contributed by atoms with Crippen LogP contribution in [0.4, 0.5) is 62.5 Å². The molecule has 624 valence electrons. The van der Waals surface area contributed by atoms with Gasteiger partial charge in [0.15, 0.2) is 20.5 Å². The number of nitrogens with two attached hydrogens (primary N) is 6. The van der Waals surface area contributed by atoms with E-state index in [4.69, 9.17) is 106 Å². The number of primary amides is 2. The molecule has 0 aliphatic rings. The molecule has 0 aliphatic heterocycles. The van der Waals surface area contributed by atoms with E-state index in [1.165, 1.54) is 56.5 Å². The zero-order valence-corrected chi connectivity index (χ0v) is 76.4. The number of carbonyl (C=O) groups is 4. The van der Waals surface area contributed by atoms with Crippen LogP contribution in [-0.2, 0) is 35.2 Å². The molecule has 0 spiro atoms. The van der Waals surface area contributed by atoms with Gasteiger partial charge in [-0.2, -0.15) is 0 Å². The van der Waals surface area contributed by atoms with E-state index in [1.807, 2.05) is 224 Å². The monoisotopic (exact) mass is 1810 g/mol. The van der Waals surface area contributed by atoms with E-state index >= 15 is 0 Å². The molecule has 12 aromatic carbocycles. The number of anilines is 8. The standard InChI is InChI=1S/C26H25ClN4O3S.C25H24ClN3O2S.C21H17ClN4OS.C20H16ClN3S.CHNO.Na/c1-26(2,3)34-25(33)31-24-30-22-20(17-5-4-6-18(27)14-17)12-16(13-21(22)35-24)11-15-7-9-19(10-8-15)29-23(28)32;1-25(2,3)31-24(30)29-23-28-22-20(17-5-4-6-18(26)14-17)12-16(13-21(22)32-23)11-15-7-9-19(27)10-8-15;22-15-3-1-2-14(11-15)17-9-13(10-18-19(17)26-21(24)28-18)8-12-4-6-16(7-5-12)25-20(23)27;21-15-3-1-2-14(11-15)17-9-13(8-12-4-6-16(22)7-5-12)10-18-19(17)24-20(23)25-18;2-1-3;/h4-10,12-14H,11H2,1-3H3,(H3,28,29,32)(H,30,31,33);4-10,12-14H,11,27H2,1-3H3,(H,28,29,30);1-7,9-11H,8H2,(H2,24,26)(H3,23,25,27);1-7,9-11H,8,22H2,(H2,23,24);3H;/q;;;;;+1/p-1. The Morgan fingerprint density at radius 1 is 0.371 bits per heavy atom. The molecule has 31 heteroatoms. The maximum atomic E-state index is 12.3. The summed E-state index contributed by atoms with van der Waals surface area (Å²) >= 11 is 30.7. The van der Waals surface area contributed by atoms with E-state index < -0.39 is 35.5 Å². The molecule has 124 heavy (non-hydrogen) atoms. The zero-order valence-electron chi connectivity index (χ0n) is 68.1. The molecule has 0 unspecified atom stereocenters. The fourth-order valence-electron chi connectivity index (χ4n) is 13.1. The average molecular weight is 1810 g/mol. The third kappa shape index (κ3) is 26.5. The number of carbonyl (C=O) groups excluding carboxylic acids is 4. The largest absolute Gasteiger partial charge is 1.00 e. The van der Waals surface area contributed by atoms with Gasteiger partial charge in [-0.15, -0.1) is 0 Å². The van der Waals surface area contributed by atoms with Crippen molar-refractivity contribution in [3.8, 4) is 50.8 Å². The number of thiazole rings is 4. The number of amides is 6. The van der Waals surface area contributed by atoms with Crippen molar-refractivity contribution >= 4 is 200 Å². The SMILES string of the molecule is CC(C)(C)OC(=O)Nc1nc2c(-c3cccc(Cl)c3)cc(Cc3ccc(N)cc3)cc2s1.CC(C)(C)OC(=O)Nc1nc2c(-c3cccc(Cl)c3)cc(Cc3ccc(NC(N)=O)cc3)cc2s1.N#C[O-].NC(=O)Nc1ccc(Cc2cc(-c3cccc(Cl)c3)c3nc(N)sc3c2)cc1.Nc1ccc(Cc2cc(-c3cccc(Cl)c3)c3nc(N)sc3c2)cc1.[Na+]. The minimum atomic E-state index is -0.609. The summed E-state index contributed by atoms with van der Waals surface area (Å²) in [6.07, 6.45) is 2.39. The minimum absolute atomic E-state index is 0. The Morgan fingerprint density at radius 2 is 0.621 bits per heavy atom. The molecule has 4 aromatic heterocycles. The molecule has 4 heterocycles. The number of urea groups is 2. The van der Waals surface area contributed by atoms with Gasteiger partial charge < -0.3 is 59.6 Å². The van der Waals surface area contributed by atoms with Crippen LogP contribution in [0.3, 0.4) is 0 Å². The molecular weight excluding hydrogens is 1730 g/mol. The van der Waals surface area contributed by atoms with Crippen LogP contribution in [0.25, 0.3) is 85.4 Å². The van der Waals surface area contributed by atoms with E-state index in [1.54, 1.807) is 0 Å². The van der Waals surface area contributed by atoms with E-state index in [0.29, 0.717) is 64.7 Å². The first-order valence-electron chi connectivity index (χ1n) is 38.0. The van der Waals surface area contributed by atoms with Crippen molar-refractivity contribution in [3.05, 3.63) is 307 Å². The van der Waals surface area contributed by atoms with Crippen LogP contribution >= 0.6 is 91.8 Å². The second-order valence-corrected chi connectivity index (χ2v) is 36.0. The molecule has 0 fully saturated rings. The summed E-state index contributed by atoms with van der Waals surface area (Å²) in [6, 6.07) is 77.6. The van der Waals surface area contributed by atoms with Gasteiger partial charge in [0.05, 0.1) is 40.9 Å². The Morgan fingerprint density at radius 3 is 0.871 bits per heavy atom. The third-order valence-corrected chi connectivity index (χ3v) is 22.5. The van der Waals surface area contributed by atoms with Crippen LogP contribution in [0.5, 0.6) is 0 Å². The smallest absolute Gasteiger partial charge is 0.812 e. The maximum absolute atomic E-state index is 12.3. The first-order valence-corrected chi connectivity index (χ1v) is 42.8. The van der Waals surface area contributed by atoms with Crippen molar-refractivity contribution in [2.45, 2.75) is 78.4 Å². The number of hydrogen-bond donors (Lipinski definition) is 10. The van der Waals surface area contributed by atoms with E-state index in [9.17, 15) is 19.2 Å². The Balaban J connectivity index is 0.000000160. The van der Waals surface area contributed by atoms with Crippen LogP contribution in [-0.4, -0.2) is 55.4 Å². The van der Waals surface area contributed by atoms with Gasteiger partial charge in [-0.25, -0.2) is 44.4 Å².